The molecule has 7 heteroatoms. The normalized spacial score (nSPS) is 16.0. The van der Waals surface area contributed by atoms with Crippen LogP contribution in [0.25, 0.3) is 11.1 Å². The molecule has 0 unspecified atom stereocenters. The molecule has 0 radical (unpaired) electrons. The van der Waals surface area contributed by atoms with E-state index in [0.717, 1.165) is 42.3 Å². The zero-order chi connectivity index (χ0) is 21.2. The van der Waals surface area contributed by atoms with E-state index in [2.05, 4.69) is 30.9 Å². The number of rotatable bonds is 7. The summed E-state index contributed by atoms with van der Waals surface area (Å²) < 4.78 is 2.08. The zero-order valence-corrected chi connectivity index (χ0v) is 18.2. The van der Waals surface area contributed by atoms with Crippen molar-refractivity contribution in [1.29, 1.82) is 0 Å². The Hall–Kier alpha value is -2.86. The Balaban J connectivity index is 1.34. The standard InChI is InChI=1S/C24H26ClN5O/c25-21-7-5-17(6-8-21)12-26-23(31)22-11-19(16-30(22)15-18-3-4-18)20-13-27-24(28-14-20)29-9-1-2-10-29/h5-8,11,13-14,16,18H,1-4,9-10,12,15H2,(H,26,31). The van der Waals surface area contributed by atoms with Crippen LogP contribution in [0.1, 0.15) is 41.7 Å². The Morgan fingerprint density at radius 2 is 1.77 bits per heavy atom. The quantitative estimate of drug-likeness (QED) is 0.591. The molecule has 1 amide bonds. The van der Waals surface area contributed by atoms with Crippen molar-refractivity contribution in [3.63, 3.8) is 0 Å². The van der Waals surface area contributed by atoms with Crippen molar-refractivity contribution in [2.75, 3.05) is 18.0 Å². The first-order valence-corrected chi connectivity index (χ1v) is 11.3. The lowest BCUT2D eigenvalue weighted by Gasteiger charge is -2.14. The molecule has 2 fully saturated rings. The molecule has 5 rings (SSSR count). The van der Waals surface area contributed by atoms with Gasteiger partial charge in [0.1, 0.15) is 5.69 Å². The highest BCUT2D eigenvalue weighted by molar-refractivity contribution is 6.30. The van der Waals surface area contributed by atoms with Crippen LogP contribution >= 0.6 is 11.6 Å². The van der Waals surface area contributed by atoms with Gasteiger partial charge < -0.3 is 14.8 Å². The van der Waals surface area contributed by atoms with E-state index in [1.165, 1.54) is 25.7 Å². The molecular weight excluding hydrogens is 410 g/mol. The number of carbonyl (C=O) groups is 1. The van der Waals surface area contributed by atoms with Crippen LogP contribution in [-0.4, -0.2) is 33.5 Å². The van der Waals surface area contributed by atoms with Crippen molar-refractivity contribution in [3.05, 3.63) is 65.2 Å². The van der Waals surface area contributed by atoms with Crippen molar-refractivity contribution in [3.8, 4) is 11.1 Å². The van der Waals surface area contributed by atoms with Crippen molar-refractivity contribution < 1.29 is 4.79 Å². The van der Waals surface area contributed by atoms with E-state index in [0.29, 0.717) is 23.2 Å². The fourth-order valence-corrected chi connectivity index (χ4v) is 4.14. The van der Waals surface area contributed by atoms with Crippen molar-refractivity contribution in [2.45, 2.75) is 38.8 Å². The van der Waals surface area contributed by atoms with Gasteiger partial charge in [-0.15, -0.1) is 0 Å². The van der Waals surface area contributed by atoms with Gasteiger partial charge in [-0.3, -0.25) is 4.79 Å². The molecule has 0 atom stereocenters. The van der Waals surface area contributed by atoms with Crippen molar-refractivity contribution in [1.82, 2.24) is 19.9 Å². The predicted molar refractivity (Wildman–Crippen MR) is 122 cm³/mol. The topological polar surface area (TPSA) is 63.1 Å². The van der Waals surface area contributed by atoms with Gasteiger partial charge in [0.05, 0.1) is 0 Å². The van der Waals surface area contributed by atoms with Crippen molar-refractivity contribution in [2.24, 2.45) is 5.92 Å². The van der Waals surface area contributed by atoms with Gasteiger partial charge in [-0.2, -0.15) is 0 Å². The average molecular weight is 436 g/mol. The Morgan fingerprint density at radius 1 is 1.06 bits per heavy atom. The van der Waals surface area contributed by atoms with E-state index in [-0.39, 0.29) is 5.91 Å². The van der Waals surface area contributed by atoms with Crippen LogP contribution < -0.4 is 10.2 Å². The third-order valence-electron chi connectivity index (χ3n) is 6.01. The molecule has 3 aromatic rings. The average Bonchev–Trinajstić information content (AvgIpc) is 3.26. The minimum Gasteiger partial charge on any atom is -0.347 e. The minimum absolute atomic E-state index is 0.0727. The van der Waals surface area contributed by atoms with Gasteiger partial charge in [0, 0.05) is 60.9 Å². The number of hydrogen-bond acceptors (Lipinski definition) is 4. The summed E-state index contributed by atoms with van der Waals surface area (Å²) >= 11 is 5.95. The lowest BCUT2D eigenvalue weighted by molar-refractivity contribution is 0.0941. The van der Waals surface area contributed by atoms with Gasteiger partial charge in [0.2, 0.25) is 5.95 Å². The molecule has 1 aromatic carbocycles. The molecule has 1 saturated heterocycles. The summed E-state index contributed by atoms with van der Waals surface area (Å²) in [5, 5.41) is 3.73. The third-order valence-corrected chi connectivity index (χ3v) is 6.26. The fourth-order valence-electron chi connectivity index (χ4n) is 4.01. The second-order valence-corrected chi connectivity index (χ2v) is 8.92. The van der Waals surface area contributed by atoms with Crippen LogP contribution in [0.2, 0.25) is 5.02 Å². The van der Waals surface area contributed by atoms with Crippen LogP contribution in [0.4, 0.5) is 5.95 Å². The lowest BCUT2D eigenvalue weighted by Crippen LogP contribution is -2.25. The zero-order valence-electron chi connectivity index (χ0n) is 17.4. The number of nitrogens with zero attached hydrogens (tertiary/aromatic N) is 4. The smallest absolute Gasteiger partial charge is 0.268 e. The Kier molecular flexibility index (Phi) is 5.64. The Morgan fingerprint density at radius 3 is 2.45 bits per heavy atom. The summed E-state index contributed by atoms with van der Waals surface area (Å²) in [5.41, 5.74) is 3.61. The summed E-state index contributed by atoms with van der Waals surface area (Å²) in [6.45, 7) is 3.38. The summed E-state index contributed by atoms with van der Waals surface area (Å²) in [6, 6.07) is 9.48. The number of nitrogens with one attached hydrogen (secondary N) is 1. The van der Waals surface area contributed by atoms with E-state index in [1.807, 2.05) is 42.7 Å². The summed E-state index contributed by atoms with van der Waals surface area (Å²) in [7, 11) is 0. The molecule has 1 N–H and O–H groups in total. The highest BCUT2D eigenvalue weighted by Gasteiger charge is 2.25. The molecule has 3 heterocycles. The molecule has 0 spiro atoms. The first-order chi connectivity index (χ1) is 15.2. The molecule has 160 valence electrons. The fraction of sp³-hybridized carbons (Fsp3) is 0.375. The number of amides is 1. The molecule has 2 aromatic heterocycles. The number of benzene rings is 1. The lowest BCUT2D eigenvalue weighted by atomic mass is 10.2. The number of aromatic nitrogens is 3. The maximum atomic E-state index is 13.0. The van der Waals surface area contributed by atoms with E-state index in [4.69, 9.17) is 11.6 Å². The second kappa shape index (κ2) is 8.71. The van der Waals surface area contributed by atoms with Gasteiger partial charge in [-0.05, 0) is 55.4 Å². The minimum atomic E-state index is -0.0727. The highest BCUT2D eigenvalue weighted by Crippen LogP contribution is 2.32. The maximum Gasteiger partial charge on any atom is 0.268 e. The molecule has 6 nitrogen and oxygen atoms in total. The van der Waals surface area contributed by atoms with Crippen LogP contribution in [-0.2, 0) is 13.1 Å². The van der Waals surface area contributed by atoms with E-state index < -0.39 is 0 Å². The molecule has 0 bridgehead atoms. The third kappa shape index (κ3) is 4.74. The number of halogens is 1. The van der Waals surface area contributed by atoms with E-state index in [9.17, 15) is 4.79 Å². The Bertz CT molecular complexity index is 1050. The predicted octanol–water partition coefficient (Wildman–Crippen LogP) is 4.54. The van der Waals surface area contributed by atoms with Gasteiger partial charge >= 0.3 is 0 Å². The van der Waals surface area contributed by atoms with E-state index in [1.54, 1.807) is 0 Å². The second-order valence-electron chi connectivity index (χ2n) is 8.48. The first kappa shape index (κ1) is 20.1. The summed E-state index contributed by atoms with van der Waals surface area (Å²) in [4.78, 5) is 24.3. The van der Waals surface area contributed by atoms with Crippen LogP contribution in [0.15, 0.2) is 48.9 Å². The number of hydrogen-bond donors (Lipinski definition) is 1. The van der Waals surface area contributed by atoms with Crippen LogP contribution in [0, 0.1) is 5.92 Å². The summed E-state index contributed by atoms with van der Waals surface area (Å²) in [6.07, 6.45) is 10.6. The summed E-state index contributed by atoms with van der Waals surface area (Å²) in [5.74, 6) is 1.38. The van der Waals surface area contributed by atoms with E-state index >= 15 is 0 Å². The van der Waals surface area contributed by atoms with Gasteiger partial charge in [-0.1, -0.05) is 23.7 Å². The number of anilines is 1. The number of carbonyl (C=O) groups excluding carboxylic acids is 1. The molecule has 2 aliphatic rings. The monoisotopic (exact) mass is 435 g/mol. The largest absolute Gasteiger partial charge is 0.347 e. The molecule has 1 aliphatic carbocycles. The molecule has 1 aliphatic heterocycles. The highest BCUT2D eigenvalue weighted by atomic mass is 35.5. The first-order valence-electron chi connectivity index (χ1n) is 11.0. The van der Waals surface area contributed by atoms with Gasteiger partial charge in [0.25, 0.3) is 5.91 Å². The van der Waals surface area contributed by atoms with Gasteiger partial charge in [-0.25, -0.2) is 9.97 Å². The van der Waals surface area contributed by atoms with Crippen LogP contribution in [0.3, 0.4) is 0 Å². The maximum absolute atomic E-state index is 13.0. The van der Waals surface area contributed by atoms with Crippen molar-refractivity contribution >= 4 is 23.5 Å². The van der Waals surface area contributed by atoms with Gasteiger partial charge in [0.15, 0.2) is 0 Å². The van der Waals surface area contributed by atoms with Crippen LogP contribution in [0.5, 0.6) is 0 Å². The Labute approximate surface area is 187 Å². The molecule has 31 heavy (non-hydrogen) atoms. The molecular formula is C24H26ClN5O. The molecule has 1 saturated carbocycles. The SMILES string of the molecule is O=C(NCc1ccc(Cl)cc1)c1cc(-c2cnc(N3CCCC3)nc2)cn1CC1CC1.